The summed E-state index contributed by atoms with van der Waals surface area (Å²) in [7, 11) is 2.04. The van der Waals surface area contributed by atoms with Crippen LogP contribution < -0.4 is 5.32 Å². The van der Waals surface area contributed by atoms with Crippen molar-refractivity contribution in [1.82, 2.24) is 5.32 Å². The van der Waals surface area contributed by atoms with E-state index in [0.29, 0.717) is 6.04 Å². The second-order valence-corrected chi connectivity index (χ2v) is 5.55. The highest BCUT2D eigenvalue weighted by molar-refractivity contribution is 5.42. The predicted molar refractivity (Wildman–Crippen MR) is 84.9 cm³/mol. The van der Waals surface area contributed by atoms with Crippen LogP contribution in [0.3, 0.4) is 0 Å². The first kappa shape index (κ1) is 13.1. The predicted octanol–water partition coefficient (Wildman–Crippen LogP) is 3.91. The van der Waals surface area contributed by atoms with Crippen LogP contribution in [0, 0.1) is 0 Å². The minimum Gasteiger partial charge on any atom is -0.314 e. The largest absolute Gasteiger partial charge is 0.314 e. The monoisotopic (exact) mass is 263 g/mol. The van der Waals surface area contributed by atoms with Crippen LogP contribution in [-0.4, -0.2) is 13.1 Å². The highest BCUT2D eigenvalue weighted by Crippen LogP contribution is 2.42. The fourth-order valence-corrected chi connectivity index (χ4v) is 3.31. The van der Waals surface area contributed by atoms with Crippen molar-refractivity contribution in [3.8, 4) is 0 Å². The third kappa shape index (κ3) is 2.30. The number of allylic oxidation sites excluding steroid dienone is 1. The van der Waals surface area contributed by atoms with Gasteiger partial charge in [-0.05, 0) is 31.0 Å². The van der Waals surface area contributed by atoms with E-state index in [9.17, 15) is 0 Å². The third-order valence-electron chi connectivity index (χ3n) is 4.43. The van der Waals surface area contributed by atoms with Gasteiger partial charge in [0.2, 0.25) is 0 Å². The van der Waals surface area contributed by atoms with Crippen molar-refractivity contribution in [1.29, 1.82) is 0 Å². The summed E-state index contributed by atoms with van der Waals surface area (Å²) in [5.41, 5.74) is 2.91. The molecule has 20 heavy (non-hydrogen) atoms. The highest BCUT2D eigenvalue weighted by atomic mass is 14.9. The fraction of sp³-hybridized carbons (Fsp3) is 0.263. The van der Waals surface area contributed by atoms with E-state index in [0.717, 1.165) is 12.8 Å². The second kappa shape index (κ2) is 5.64. The Morgan fingerprint density at radius 3 is 1.95 bits per heavy atom. The summed E-state index contributed by atoms with van der Waals surface area (Å²) in [6.07, 6.45) is 6.79. The number of benzene rings is 2. The molecule has 0 bridgehead atoms. The van der Waals surface area contributed by atoms with Crippen molar-refractivity contribution in [2.24, 2.45) is 0 Å². The molecule has 1 unspecified atom stereocenters. The Labute approximate surface area is 121 Å². The topological polar surface area (TPSA) is 12.0 Å². The van der Waals surface area contributed by atoms with E-state index in [1.807, 2.05) is 7.05 Å². The molecule has 1 aliphatic rings. The van der Waals surface area contributed by atoms with E-state index in [-0.39, 0.29) is 5.41 Å². The fourth-order valence-electron chi connectivity index (χ4n) is 3.31. The molecule has 1 atom stereocenters. The molecule has 0 heterocycles. The Bertz CT molecular complexity index is 532. The summed E-state index contributed by atoms with van der Waals surface area (Å²) in [6.45, 7) is 0. The van der Waals surface area contributed by atoms with Gasteiger partial charge in [0.05, 0.1) is 0 Å². The minimum atomic E-state index is 0.0882. The maximum atomic E-state index is 3.41. The van der Waals surface area contributed by atoms with E-state index in [4.69, 9.17) is 0 Å². The second-order valence-electron chi connectivity index (χ2n) is 5.55. The van der Waals surface area contributed by atoms with E-state index >= 15 is 0 Å². The molecule has 2 aromatic rings. The number of likely N-dealkylation sites (N-methyl/N-ethyl adjacent to an activating group) is 1. The molecular weight excluding hydrogens is 242 g/mol. The molecule has 1 aliphatic carbocycles. The van der Waals surface area contributed by atoms with Crippen molar-refractivity contribution < 1.29 is 0 Å². The van der Waals surface area contributed by atoms with Crippen LogP contribution in [0.15, 0.2) is 72.8 Å². The van der Waals surface area contributed by atoms with Crippen molar-refractivity contribution >= 4 is 0 Å². The average Bonchev–Trinajstić information content (AvgIpc) is 2.56. The van der Waals surface area contributed by atoms with Crippen molar-refractivity contribution in [2.45, 2.75) is 24.3 Å². The van der Waals surface area contributed by atoms with Crippen LogP contribution in [0.2, 0.25) is 0 Å². The maximum Gasteiger partial charge on any atom is 0.0258 e. The Balaban J connectivity index is 2.11. The van der Waals surface area contributed by atoms with Crippen LogP contribution in [0.25, 0.3) is 0 Å². The molecule has 3 rings (SSSR count). The molecule has 0 aromatic heterocycles. The van der Waals surface area contributed by atoms with Crippen LogP contribution in [0.1, 0.15) is 24.0 Å². The Kier molecular flexibility index (Phi) is 3.70. The van der Waals surface area contributed by atoms with Gasteiger partial charge in [0, 0.05) is 11.5 Å². The SMILES string of the molecule is CNC1C=CCC(c2ccccc2)(c2ccccc2)C1. The lowest BCUT2D eigenvalue weighted by atomic mass is 9.66. The average molecular weight is 263 g/mol. The van der Waals surface area contributed by atoms with Gasteiger partial charge in [-0.2, -0.15) is 0 Å². The zero-order valence-corrected chi connectivity index (χ0v) is 11.9. The normalized spacial score (nSPS) is 20.8. The van der Waals surface area contributed by atoms with Crippen LogP contribution in [0.5, 0.6) is 0 Å². The molecular formula is C19H21N. The Morgan fingerprint density at radius 1 is 0.900 bits per heavy atom. The number of hydrogen-bond acceptors (Lipinski definition) is 1. The van der Waals surface area contributed by atoms with Gasteiger partial charge in [-0.1, -0.05) is 72.8 Å². The molecule has 1 N–H and O–H groups in total. The molecule has 1 nitrogen and oxygen atoms in total. The van der Waals surface area contributed by atoms with Gasteiger partial charge in [0.25, 0.3) is 0 Å². The summed E-state index contributed by atoms with van der Waals surface area (Å²) >= 11 is 0. The Hall–Kier alpha value is -1.86. The van der Waals surface area contributed by atoms with Crippen LogP contribution >= 0.6 is 0 Å². The van der Waals surface area contributed by atoms with Crippen molar-refractivity contribution in [2.75, 3.05) is 7.05 Å². The maximum absolute atomic E-state index is 3.41. The van der Waals surface area contributed by atoms with E-state index in [2.05, 4.69) is 78.1 Å². The minimum absolute atomic E-state index is 0.0882. The molecule has 0 fully saturated rings. The number of hydrogen-bond donors (Lipinski definition) is 1. The highest BCUT2D eigenvalue weighted by Gasteiger charge is 2.36. The number of rotatable bonds is 3. The Morgan fingerprint density at radius 2 is 1.45 bits per heavy atom. The summed E-state index contributed by atoms with van der Waals surface area (Å²) in [5, 5.41) is 3.41. The molecule has 0 saturated carbocycles. The van der Waals surface area contributed by atoms with Gasteiger partial charge >= 0.3 is 0 Å². The molecule has 0 spiro atoms. The quantitative estimate of drug-likeness (QED) is 0.828. The molecule has 0 radical (unpaired) electrons. The van der Waals surface area contributed by atoms with Gasteiger partial charge in [-0.25, -0.2) is 0 Å². The molecule has 2 aromatic carbocycles. The lowest BCUT2D eigenvalue weighted by molar-refractivity contribution is 0.407. The standard InChI is InChI=1S/C19H21N/c1-20-18-13-8-14-19(15-18,16-9-4-2-5-10-16)17-11-6-3-7-12-17/h2-13,18,20H,14-15H2,1H3. The first-order valence-corrected chi connectivity index (χ1v) is 7.30. The van der Waals surface area contributed by atoms with Crippen LogP contribution in [-0.2, 0) is 5.41 Å². The van der Waals surface area contributed by atoms with Gasteiger partial charge < -0.3 is 5.32 Å². The number of nitrogens with one attached hydrogen (secondary N) is 1. The zero-order chi connectivity index (χ0) is 13.8. The zero-order valence-electron chi connectivity index (χ0n) is 11.9. The van der Waals surface area contributed by atoms with Crippen molar-refractivity contribution in [3.63, 3.8) is 0 Å². The molecule has 0 saturated heterocycles. The summed E-state index contributed by atoms with van der Waals surface area (Å²) < 4.78 is 0. The molecule has 1 heteroatoms. The van der Waals surface area contributed by atoms with E-state index in [1.165, 1.54) is 11.1 Å². The lowest BCUT2D eigenvalue weighted by Crippen LogP contribution is -2.39. The van der Waals surface area contributed by atoms with Gasteiger partial charge in [-0.15, -0.1) is 0 Å². The van der Waals surface area contributed by atoms with Gasteiger partial charge in [0.15, 0.2) is 0 Å². The molecule has 0 aliphatic heterocycles. The first-order chi connectivity index (χ1) is 9.85. The van der Waals surface area contributed by atoms with Crippen LogP contribution in [0.4, 0.5) is 0 Å². The lowest BCUT2D eigenvalue weighted by Gasteiger charge is -2.39. The smallest absolute Gasteiger partial charge is 0.0258 e. The summed E-state index contributed by atoms with van der Waals surface area (Å²) in [6, 6.07) is 22.3. The van der Waals surface area contributed by atoms with Crippen molar-refractivity contribution in [3.05, 3.63) is 83.9 Å². The summed E-state index contributed by atoms with van der Waals surface area (Å²) in [4.78, 5) is 0. The molecule has 0 amide bonds. The van der Waals surface area contributed by atoms with Gasteiger partial charge in [-0.3, -0.25) is 0 Å². The van der Waals surface area contributed by atoms with E-state index in [1.54, 1.807) is 0 Å². The molecule has 102 valence electrons. The van der Waals surface area contributed by atoms with E-state index < -0.39 is 0 Å². The third-order valence-corrected chi connectivity index (χ3v) is 4.43. The van der Waals surface area contributed by atoms with Gasteiger partial charge in [0.1, 0.15) is 0 Å². The first-order valence-electron chi connectivity index (χ1n) is 7.30. The summed E-state index contributed by atoms with van der Waals surface area (Å²) in [5.74, 6) is 0.